The van der Waals surface area contributed by atoms with Gasteiger partial charge in [0, 0.05) is 32.0 Å². The van der Waals surface area contributed by atoms with Crippen LogP contribution in [0.3, 0.4) is 0 Å². The average molecular weight is 462 g/mol. The molecule has 0 aliphatic carbocycles. The highest BCUT2D eigenvalue weighted by Crippen LogP contribution is 2.24. The summed E-state index contributed by atoms with van der Waals surface area (Å²) < 4.78 is 11.8. The van der Waals surface area contributed by atoms with Crippen molar-refractivity contribution in [1.82, 2.24) is 10.6 Å². The van der Waals surface area contributed by atoms with E-state index in [-0.39, 0.29) is 11.8 Å². The Hall–Kier alpha value is -2.24. The molecule has 187 valence electrons. The standard InChI is InChI=1S/C27H45N2O4/c1-4-7-9-16-28-26(30)14-11-18-32-24-20-23(13-6-3)21-25(22-24)33-19-12-15-27(31)29-17-10-8-5-2/h20-22H,3-19H2,1-2H3,(H,28,30)(H,29,31). The molecule has 6 heteroatoms. The third-order valence-corrected chi connectivity index (χ3v) is 5.24. The minimum absolute atomic E-state index is 0.0823. The minimum atomic E-state index is 0.0823. The lowest BCUT2D eigenvalue weighted by atomic mass is 10.1. The lowest BCUT2D eigenvalue weighted by Gasteiger charge is -2.12. The Balaban J connectivity index is 2.36. The van der Waals surface area contributed by atoms with Crippen LogP contribution in [0.2, 0.25) is 0 Å². The summed E-state index contributed by atoms with van der Waals surface area (Å²) in [5.41, 5.74) is 1.11. The van der Waals surface area contributed by atoms with Crippen molar-refractivity contribution in [2.24, 2.45) is 0 Å². The quantitative estimate of drug-likeness (QED) is 0.256. The molecule has 0 aliphatic rings. The highest BCUT2D eigenvalue weighted by molar-refractivity contribution is 5.76. The van der Waals surface area contributed by atoms with Gasteiger partial charge in [-0.1, -0.05) is 46.5 Å². The molecule has 0 aliphatic heterocycles. The summed E-state index contributed by atoms with van der Waals surface area (Å²) in [6, 6.07) is 5.89. The fourth-order valence-corrected chi connectivity index (χ4v) is 3.37. The molecule has 33 heavy (non-hydrogen) atoms. The Bertz CT molecular complexity index is 613. The Morgan fingerprint density at radius 3 is 1.67 bits per heavy atom. The van der Waals surface area contributed by atoms with E-state index in [1.807, 2.05) is 18.2 Å². The third-order valence-electron chi connectivity index (χ3n) is 5.24. The number of amides is 2. The molecule has 6 nitrogen and oxygen atoms in total. The topological polar surface area (TPSA) is 76.7 Å². The van der Waals surface area contributed by atoms with Crippen molar-refractivity contribution in [2.45, 2.75) is 90.9 Å². The molecule has 0 aromatic heterocycles. The maximum atomic E-state index is 11.9. The molecule has 2 amide bonds. The van der Waals surface area contributed by atoms with E-state index in [2.05, 4.69) is 31.4 Å². The number of rotatable bonds is 20. The van der Waals surface area contributed by atoms with Crippen LogP contribution in [-0.2, 0) is 16.0 Å². The van der Waals surface area contributed by atoms with Crippen molar-refractivity contribution in [3.05, 3.63) is 30.7 Å². The van der Waals surface area contributed by atoms with Crippen LogP contribution in [-0.4, -0.2) is 38.1 Å². The molecule has 0 saturated heterocycles. The van der Waals surface area contributed by atoms with Crippen LogP contribution in [0.4, 0.5) is 0 Å². The number of hydrogen-bond acceptors (Lipinski definition) is 4. The summed E-state index contributed by atoms with van der Waals surface area (Å²) >= 11 is 0. The van der Waals surface area contributed by atoms with Gasteiger partial charge in [0.05, 0.1) is 13.2 Å². The highest BCUT2D eigenvalue weighted by atomic mass is 16.5. The summed E-state index contributed by atoms with van der Waals surface area (Å²) in [6.45, 7) is 10.7. The first-order chi connectivity index (χ1) is 16.1. The van der Waals surface area contributed by atoms with E-state index >= 15 is 0 Å². The lowest BCUT2D eigenvalue weighted by molar-refractivity contribution is -0.122. The number of hydrogen-bond donors (Lipinski definition) is 2. The lowest BCUT2D eigenvalue weighted by Crippen LogP contribution is -2.24. The van der Waals surface area contributed by atoms with Crippen LogP contribution >= 0.6 is 0 Å². The zero-order valence-electron chi connectivity index (χ0n) is 20.9. The number of carbonyl (C=O) groups excluding carboxylic acids is 2. The molecular weight excluding hydrogens is 416 g/mol. The molecule has 1 radical (unpaired) electrons. The van der Waals surface area contributed by atoms with Gasteiger partial charge in [0.1, 0.15) is 11.5 Å². The molecule has 0 atom stereocenters. The van der Waals surface area contributed by atoms with Crippen LogP contribution in [0.5, 0.6) is 11.5 Å². The first-order valence-electron chi connectivity index (χ1n) is 12.8. The zero-order chi connectivity index (χ0) is 24.2. The first kappa shape index (κ1) is 28.8. The van der Waals surface area contributed by atoms with Gasteiger partial charge in [0.2, 0.25) is 11.8 Å². The third kappa shape index (κ3) is 15.3. The van der Waals surface area contributed by atoms with E-state index in [4.69, 9.17) is 9.47 Å². The van der Waals surface area contributed by atoms with Crippen molar-refractivity contribution in [1.29, 1.82) is 0 Å². The smallest absolute Gasteiger partial charge is 0.220 e. The Morgan fingerprint density at radius 2 is 1.24 bits per heavy atom. The van der Waals surface area contributed by atoms with Crippen LogP contribution in [0, 0.1) is 6.92 Å². The van der Waals surface area contributed by atoms with Gasteiger partial charge in [-0.05, 0) is 56.2 Å². The molecule has 0 bridgehead atoms. The molecule has 0 heterocycles. The molecule has 0 spiro atoms. The largest absolute Gasteiger partial charge is 0.493 e. The van der Waals surface area contributed by atoms with E-state index in [1.54, 1.807) is 0 Å². The molecule has 2 N–H and O–H groups in total. The minimum Gasteiger partial charge on any atom is -0.493 e. The monoisotopic (exact) mass is 461 g/mol. The number of carbonyl (C=O) groups is 2. The molecule has 0 unspecified atom stereocenters. The van der Waals surface area contributed by atoms with Gasteiger partial charge in [-0.2, -0.15) is 0 Å². The second-order valence-electron chi connectivity index (χ2n) is 8.43. The van der Waals surface area contributed by atoms with E-state index in [1.165, 1.54) is 0 Å². The predicted molar refractivity (Wildman–Crippen MR) is 135 cm³/mol. The first-order valence-corrected chi connectivity index (χ1v) is 12.8. The molecular formula is C27H45N2O4. The van der Waals surface area contributed by atoms with Crippen molar-refractivity contribution in [2.75, 3.05) is 26.3 Å². The van der Waals surface area contributed by atoms with Gasteiger partial charge in [0.15, 0.2) is 0 Å². The summed E-state index contributed by atoms with van der Waals surface area (Å²) in [5, 5.41) is 5.91. The van der Waals surface area contributed by atoms with Crippen LogP contribution in [0.25, 0.3) is 0 Å². The van der Waals surface area contributed by atoms with E-state index in [0.717, 1.165) is 81.5 Å². The Labute approximate surface area is 201 Å². The summed E-state index contributed by atoms with van der Waals surface area (Å²) in [6.07, 6.45) is 10.6. The molecule has 1 aromatic rings. The highest BCUT2D eigenvalue weighted by Gasteiger charge is 2.06. The SMILES string of the molecule is [CH2]CCc1cc(OCCCC(=O)NCCCCC)cc(OCCCC(=O)NCCCCC)c1. The van der Waals surface area contributed by atoms with Gasteiger partial charge in [-0.3, -0.25) is 9.59 Å². The number of nitrogens with one attached hydrogen (secondary N) is 2. The van der Waals surface area contributed by atoms with Gasteiger partial charge in [0.25, 0.3) is 0 Å². The van der Waals surface area contributed by atoms with Crippen LogP contribution < -0.4 is 20.1 Å². The summed E-state index contributed by atoms with van der Waals surface area (Å²) in [7, 11) is 0. The second-order valence-corrected chi connectivity index (χ2v) is 8.43. The van der Waals surface area contributed by atoms with E-state index < -0.39 is 0 Å². The summed E-state index contributed by atoms with van der Waals surface area (Å²) in [5.74, 6) is 1.65. The summed E-state index contributed by atoms with van der Waals surface area (Å²) in [4.78, 5) is 23.7. The Kier molecular flexibility index (Phi) is 16.8. The average Bonchev–Trinajstić information content (AvgIpc) is 2.80. The predicted octanol–water partition coefficient (Wildman–Crippen LogP) is 5.38. The number of unbranched alkanes of at least 4 members (excludes halogenated alkanes) is 4. The van der Waals surface area contributed by atoms with Crippen LogP contribution in [0.15, 0.2) is 18.2 Å². The fraction of sp³-hybridized carbons (Fsp3) is 0.667. The van der Waals surface area contributed by atoms with E-state index in [0.29, 0.717) is 38.9 Å². The molecule has 1 rings (SSSR count). The fourth-order valence-electron chi connectivity index (χ4n) is 3.37. The zero-order valence-corrected chi connectivity index (χ0v) is 20.9. The molecule has 0 fully saturated rings. The van der Waals surface area contributed by atoms with Gasteiger partial charge >= 0.3 is 0 Å². The maximum absolute atomic E-state index is 11.9. The number of ether oxygens (including phenoxy) is 2. The maximum Gasteiger partial charge on any atom is 0.220 e. The normalized spacial score (nSPS) is 10.6. The van der Waals surface area contributed by atoms with Gasteiger partial charge in [-0.25, -0.2) is 0 Å². The van der Waals surface area contributed by atoms with Crippen LogP contribution in [0.1, 0.15) is 90.0 Å². The van der Waals surface area contributed by atoms with Crippen molar-refractivity contribution < 1.29 is 19.1 Å². The number of benzene rings is 1. The van der Waals surface area contributed by atoms with E-state index in [9.17, 15) is 9.59 Å². The second kappa shape index (κ2) is 19.2. The molecule has 1 aromatic carbocycles. The Morgan fingerprint density at radius 1 is 0.758 bits per heavy atom. The van der Waals surface area contributed by atoms with Crippen molar-refractivity contribution in [3.63, 3.8) is 0 Å². The van der Waals surface area contributed by atoms with Crippen molar-refractivity contribution in [3.8, 4) is 11.5 Å². The van der Waals surface area contributed by atoms with Gasteiger partial charge in [-0.15, -0.1) is 0 Å². The van der Waals surface area contributed by atoms with Gasteiger partial charge < -0.3 is 20.1 Å². The molecule has 0 saturated carbocycles. The van der Waals surface area contributed by atoms with Crippen molar-refractivity contribution >= 4 is 11.8 Å². The number of aryl methyl sites for hydroxylation is 1.